The maximum absolute atomic E-state index is 12.9. The van der Waals surface area contributed by atoms with Crippen molar-refractivity contribution in [2.24, 2.45) is 7.05 Å². The van der Waals surface area contributed by atoms with Crippen LogP contribution in [0.1, 0.15) is 13.8 Å². The fourth-order valence-electron chi connectivity index (χ4n) is 3.20. The molecule has 0 saturated carbocycles. The zero-order chi connectivity index (χ0) is 19.3. The van der Waals surface area contributed by atoms with Crippen molar-refractivity contribution in [2.75, 3.05) is 0 Å². The van der Waals surface area contributed by atoms with Crippen LogP contribution >= 0.6 is 0 Å². The van der Waals surface area contributed by atoms with Crippen LogP contribution in [0.15, 0.2) is 45.6 Å². The maximum atomic E-state index is 12.9. The van der Waals surface area contributed by atoms with Crippen LogP contribution in [0, 0.1) is 0 Å². The van der Waals surface area contributed by atoms with E-state index in [2.05, 4.69) is 0 Å². The van der Waals surface area contributed by atoms with E-state index in [1.807, 2.05) is 0 Å². The van der Waals surface area contributed by atoms with Crippen LogP contribution in [-0.4, -0.2) is 16.5 Å². The molecule has 2 aromatic carbocycles. The van der Waals surface area contributed by atoms with Crippen LogP contribution < -0.4 is 15.0 Å². The molecule has 0 amide bonds. The minimum Gasteiger partial charge on any atom is -0.455 e. The van der Waals surface area contributed by atoms with Crippen molar-refractivity contribution < 1.29 is 23.5 Å². The highest BCUT2D eigenvalue weighted by Gasteiger charge is 2.18. The zero-order valence-electron chi connectivity index (χ0n) is 14.9. The Kier molecular flexibility index (Phi) is 3.73. The predicted molar refractivity (Wildman–Crippen MR) is 99.1 cm³/mol. The predicted octanol–water partition coefficient (Wildman–Crippen LogP) is 3.29. The highest BCUT2D eigenvalue weighted by molar-refractivity contribution is 6.14. The van der Waals surface area contributed by atoms with E-state index in [9.17, 15) is 14.4 Å². The molecule has 0 radical (unpaired) electrons. The number of carbonyl (C=O) groups excluding carboxylic acids is 2. The molecule has 0 atom stereocenters. The topological polar surface area (TPSA) is 87.7 Å². The van der Waals surface area contributed by atoms with Gasteiger partial charge in [0.15, 0.2) is 0 Å². The van der Waals surface area contributed by atoms with Gasteiger partial charge in [-0.3, -0.25) is 14.4 Å². The van der Waals surface area contributed by atoms with E-state index in [0.29, 0.717) is 44.3 Å². The Morgan fingerprint density at radius 1 is 0.926 bits per heavy atom. The average molecular weight is 365 g/mol. The van der Waals surface area contributed by atoms with E-state index >= 15 is 0 Å². The maximum Gasteiger partial charge on any atom is 0.308 e. The van der Waals surface area contributed by atoms with Gasteiger partial charge in [0.2, 0.25) is 0 Å². The van der Waals surface area contributed by atoms with Crippen LogP contribution in [0.25, 0.3) is 32.8 Å². The van der Waals surface area contributed by atoms with Gasteiger partial charge in [0.05, 0.1) is 10.9 Å². The van der Waals surface area contributed by atoms with Gasteiger partial charge in [-0.25, -0.2) is 0 Å². The summed E-state index contributed by atoms with van der Waals surface area (Å²) in [4.78, 5) is 35.3. The number of benzene rings is 2. The molecular weight excluding hydrogens is 350 g/mol. The molecule has 4 aromatic rings. The van der Waals surface area contributed by atoms with Crippen molar-refractivity contribution in [1.82, 2.24) is 4.57 Å². The van der Waals surface area contributed by atoms with Crippen LogP contribution in [0.4, 0.5) is 0 Å². The van der Waals surface area contributed by atoms with Crippen molar-refractivity contribution in [3.05, 3.63) is 46.8 Å². The molecule has 0 aliphatic heterocycles. The second-order valence-electron chi connectivity index (χ2n) is 6.19. The summed E-state index contributed by atoms with van der Waals surface area (Å²) in [7, 11) is 1.65. The Bertz CT molecular complexity index is 1310. The fourth-order valence-corrected chi connectivity index (χ4v) is 3.20. The summed E-state index contributed by atoms with van der Waals surface area (Å²) in [6.45, 7) is 2.62. The molecular formula is C20H15NO6. The lowest BCUT2D eigenvalue weighted by Gasteiger charge is -2.08. The Hall–Kier alpha value is -3.61. The SMILES string of the molecule is CC(=O)Oc1ccc2c(c1)oc1c3ccc(OC(C)=O)cc3n(C)c(=O)c21. The first-order valence-corrected chi connectivity index (χ1v) is 8.21. The van der Waals surface area contributed by atoms with Crippen LogP contribution in [0.3, 0.4) is 0 Å². The van der Waals surface area contributed by atoms with Gasteiger partial charge in [-0.1, -0.05) is 0 Å². The first kappa shape index (κ1) is 16.8. The van der Waals surface area contributed by atoms with E-state index in [1.165, 1.54) is 18.4 Å². The molecule has 7 heteroatoms. The number of esters is 2. The summed E-state index contributed by atoms with van der Waals surface area (Å²) in [5, 5.41) is 1.77. The molecule has 2 aromatic heterocycles. The van der Waals surface area contributed by atoms with E-state index in [1.54, 1.807) is 43.4 Å². The first-order valence-electron chi connectivity index (χ1n) is 8.21. The van der Waals surface area contributed by atoms with Crippen molar-refractivity contribution >= 4 is 44.8 Å². The smallest absolute Gasteiger partial charge is 0.308 e. The Morgan fingerprint density at radius 2 is 1.52 bits per heavy atom. The minimum atomic E-state index is -0.442. The van der Waals surface area contributed by atoms with Crippen molar-refractivity contribution in [3.63, 3.8) is 0 Å². The Balaban J connectivity index is 2.04. The third-order valence-electron chi connectivity index (χ3n) is 4.28. The van der Waals surface area contributed by atoms with Crippen molar-refractivity contribution in [1.29, 1.82) is 0 Å². The molecule has 2 heterocycles. The summed E-state index contributed by atoms with van der Waals surface area (Å²) in [6, 6.07) is 9.90. The minimum absolute atomic E-state index is 0.239. The summed E-state index contributed by atoms with van der Waals surface area (Å²) in [5.41, 5.74) is 1.21. The summed E-state index contributed by atoms with van der Waals surface area (Å²) in [5.74, 6) is -0.197. The molecule has 0 saturated heterocycles. The van der Waals surface area contributed by atoms with E-state index in [-0.39, 0.29) is 5.56 Å². The molecule has 0 N–H and O–H groups in total. The number of aromatic nitrogens is 1. The molecule has 0 bridgehead atoms. The summed E-state index contributed by atoms with van der Waals surface area (Å²) < 4.78 is 17.6. The lowest BCUT2D eigenvalue weighted by atomic mass is 10.1. The van der Waals surface area contributed by atoms with E-state index in [0.717, 1.165) is 0 Å². The largest absolute Gasteiger partial charge is 0.455 e. The zero-order valence-corrected chi connectivity index (χ0v) is 14.9. The van der Waals surface area contributed by atoms with Gasteiger partial charge in [0, 0.05) is 43.8 Å². The molecule has 0 aliphatic rings. The third kappa shape index (κ3) is 2.73. The number of carbonyl (C=O) groups is 2. The molecule has 4 rings (SSSR count). The third-order valence-corrected chi connectivity index (χ3v) is 4.28. The van der Waals surface area contributed by atoms with E-state index < -0.39 is 11.9 Å². The average Bonchev–Trinajstić information content (AvgIpc) is 2.97. The van der Waals surface area contributed by atoms with Gasteiger partial charge in [0.1, 0.15) is 22.7 Å². The number of furan rings is 1. The van der Waals surface area contributed by atoms with Crippen molar-refractivity contribution in [3.8, 4) is 11.5 Å². The van der Waals surface area contributed by atoms with Gasteiger partial charge in [-0.15, -0.1) is 0 Å². The molecule has 0 spiro atoms. The van der Waals surface area contributed by atoms with Gasteiger partial charge < -0.3 is 18.5 Å². The first-order chi connectivity index (χ1) is 12.8. The monoisotopic (exact) mass is 365 g/mol. The second-order valence-corrected chi connectivity index (χ2v) is 6.19. The van der Waals surface area contributed by atoms with E-state index in [4.69, 9.17) is 13.9 Å². The molecule has 27 heavy (non-hydrogen) atoms. The van der Waals surface area contributed by atoms with Gasteiger partial charge >= 0.3 is 11.9 Å². The molecule has 136 valence electrons. The number of fused-ring (bicyclic) bond motifs is 5. The Morgan fingerprint density at radius 3 is 2.15 bits per heavy atom. The summed E-state index contributed by atoms with van der Waals surface area (Å²) >= 11 is 0. The normalized spacial score (nSPS) is 11.2. The molecule has 0 aliphatic carbocycles. The van der Waals surface area contributed by atoms with Crippen molar-refractivity contribution in [2.45, 2.75) is 13.8 Å². The van der Waals surface area contributed by atoms with Crippen LogP contribution in [-0.2, 0) is 16.6 Å². The number of rotatable bonds is 2. The molecule has 7 nitrogen and oxygen atoms in total. The second kappa shape index (κ2) is 5.98. The highest BCUT2D eigenvalue weighted by Crippen LogP contribution is 2.34. The fraction of sp³-hybridized carbons (Fsp3) is 0.150. The quantitative estimate of drug-likeness (QED) is 0.400. The number of hydrogen-bond acceptors (Lipinski definition) is 6. The number of hydrogen-bond donors (Lipinski definition) is 0. The van der Waals surface area contributed by atoms with Gasteiger partial charge in [0.25, 0.3) is 5.56 Å². The highest BCUT2D eigenvalue weighted by atomic mass is 16.5. The van der Waals surface area contributed by atoms with Gasteiger partial charge in [-0.05, 0) is 24.3 Å². The number of aryl methyl sites for hydroxylation is 1. The number of pyridine rings is 1. The number of nitrogens with zero attached hydrogens (tertiary/aromatic N) is 1. The molecule has 0 unspecified atom stereocenters. The standard InChI is InChI=1S/C20H15NO6/c1-10(22)25-12-4-6-14-16(8-12)21(3)20(24)18-15-7-5-13(26-11(2)23)9-17(15)27-19(14)18/h4-9H,1-3H3. The number of ether oxygens (including phenoxy) is 2. The lowest BCUT2D eigenvalue weighted by Crippen LogP contribution is -2.17. The molecule has 0 fully saturated rings. The van der Waals surface area contributed by atoms with Crippen LogP contribution in [0.2, 0.25) is 0 Å². The van der Waals surface area contributed by atoms with Gasteiger partial charge in [-0.2, -0.15) is 0 Å². The van der Waals surface area contributed by atoms with Crippen LogP contribution in [0.5, 0.6) is 11.5 Å². The lowest BCUT2D eigenvalue weighted by molar-refractivity contribution is -0.132. The summed E-state index contributed by atoms with van der Waals surface area (Å²) in [6.07, 6.45) is 0. The Labute approximate surface area is 152 Å².